The summed E-state index contributed by atoms with van der Waals surface area (Å²) >= 11 is 0. The Morgan fingerprint density at radius 1 is 1.19 bits per heavy atom. The first kappa shape index (κ1) is 9.60. The molecular weight excluding hydrogens is 198 g/mol. The molecule has 3 heteroatoms. The second-order valence-corrected chi connectivity index (χ2v) is 4.12. The summed E-state index contributed by atoms with van der Waals surface area (Å²) in [6.45, 7) is 3.02. The van der Waals surface area contributed by atoms with Gasteiger partial charge in [-0.05, 0) is 18.5 Å². The zero-order chi connectivity index (χ0) is 10.8. The molecule has 0 aliphatic carbocycles. The third kappa shape index (κ3) is 1.63. The van der Waals surface area contributed by atoms with Crippen molar-refractivity contribution in [3.63, 3.8) is 0 Å². The molecular formula is C13H15N3. The average Bonchev–Trinajstić information content (AvgIpc) is 2.60. The van der Waals surface area contributed by atoms with Crippen LogP contribution in [0.5, 0.6) is 0 Å². The number of aromatic nitrogens is 2. The first-order valence-electron chi connectivity index (χ1n) is 5.76. The van der Waals surface area contributed by atoms with Gasteiger partial charge in [0.15, 0.2) is 0 Å². The van der Waals surface area contributed by atoms with E-state index in [1.807, 2.05) is 12.3 Å². The van der Waals surface area contributed by atoms with Gasteiger partial charge < -0.3 is 5.32 Å². The van der Waals surface area contributed by atoms with Gasteiger partial charge >= 0.3 is 0 Å². The predicted molar refractivity (Wildman–Crippen MR) is 64.0 cm³/mol. The van der Waals surface area contributed by atoms with E-state index in [9.17, 15) is 0 Å². The van der Waals surface area contributed by atoms with Crippen LogP contribution < -0.4 is 5.32 Å². The first-order valence-corrected chi connectivity index (χ1v) is 5.76. The van der Waals surface area contributed by atoms with Crippen molar-refractivity contribution in [3.05, 3.63) is 42.2 Å². The third-order valence-corrected chi connectivity index (χ3v) is 3.05. The van der Waals surface area contributed by atoms with E-state index in [1.165, 1.54) is 16.8 Å². The van der Waals surface area contributed by atoms with Crippen LogP contribution in [-0.4, -0.2) is 16.3 Å². The Hall–Kier alpha value is -1.61. The fourth-order valence-electron chi connectivity index (χ4n) is 2.21. The molecule has 3 rings (SSSR count). The molecule has 16 heavy (non-hydrogen) atoms. The summed E-state index contributed by atoms with van der Waals surface area (Å²) in [5, 5.41) is 7.91. The van der Waals surface area contributed by atoms with E-state index >= 15 is 0 Å². The monoisotopic (exact) mass is 213 g/mol. The molecule has 0 fully saturated rings. The van der Waals surface area contributed by atoms with Crippen molar-refractivity contribution in [1.29, 1.82) is 0 Å². The smallest absolute Gasteiger partial charge is 0.0600 e. The molecule has 0 atom stereocenters. The summed E-state index contributed by atoms with van der Waals surface area (Å²) in [6.07, 6.45) is 3.14. The Morgan fingerprint density at radius 3 is 2.94 bits per heavy atom. The van der Waals surface area contributed by atoms with Gasteiger partial charge in [0.25, 0.3) is 0 Å². The number of nitrogens with zero attached hydrogens (tertiary/aromatic N) is 2. The van der Waals surface area contributed by atoms with Crippen molar-refractivity contribution in [3.8, 4) is 11.1 Å². The molecule has 1 aliphatic rings. The van der Waals surface area contributed by atoms with Gasteiger partial charge in [-0.3, -0.25) is 4.68 Å². The molecule has 1 N–H and O–H groups in total. The minimum atomic E-state index is 0.921. The van der Waals surface area contributed by atoms with E-state index < -0.39 is 0 Å². The molecule has 0 unspecified atom stereocenters. The van der Waals surface area contributed by atoms with Crippen molar-refractivity contribution in [2.24, 2.45) is 0 Å². The largest absolute Gasteiger partial charge is 0.311 e. The average molecular weight is 213 g/mol. The summed E-state index contributed by atoms with van der Waals surface area (Å²) < 4.78 is 2.13. The number of rotatable bonds is 1. The molecule has 1 aromatic heterocycles. The van der Waals surface area contributed by atoms with Crippen molar-refractivity contribution >= 4 is 0 Å². The molecule has 2 heterocycles. The molecule has 3 nitrogen and oxygen atoms in total. The number of fused-ring (bicyclic) bond motifs is 1. The normalized spacial score (nSPS) is 15.5. The van der Waals surface area contributed by atoms with Crippen LogP contribution in [-0.2, 0) is 13.1 Å². The zero-order valence-corrected chi connectivity index (χ0v) is 9.19. The maximum absolute atomic E-state index is 4.47. The van der Waals surface area contributed by atoms with Crippen LogP contribution >= 0.6 is 0 Å². The van der Waals surface area contributed by atoms with Crippen molar-refractivity contribution in [2.45, 2.75) is 19.5 Å². The summed E-state index contributed by atoms with van der Waals surface area (Å²) in [5.41, 5.74) is 3.83. The highest BCUT2D eigenvalue weighted by Gasteiger charge is 2.13. The van der Waals surface area contributed by atoms with Crippen LogP contribution in [0.4, 0.5) is 0 Å². The molecule has 1 aromatic carbocycles. The lowest BCUT2D eigenvalue weighted by molar-refractivity contribution is 0.587. The standard InChI is InChI=1S/C13H15N3/c1-2-5-11(6-3-1)12-9-15-16-8-4-7-14-10-13(12)16/h1-3,5-6,9,14H,4,7-8,10H2. The van der Waals surface area contributed by atoms with Crippen LogP contribution in [0.2, 0.25) is 0 Å². The Kier molecular flexibility index (Phi) is 2.46. The van der Waals surface area contributed by atoms with Gasteiger partial charge in [0.1, 0.15) is 0 Å². The topological polar surface area (TPSA) is 29.9 Å². The minimum Gasteiger partial charge on any atom is -0.311 e. The Morgan fingerprint density at radius 2 is 2.06 bits per heavy atom. The van der Waals surface area contributed by atoms with E-state index in [-0.39, 0.29) is 0 Å². The Bertz CT molecular complexity index is 473. The van der Waals surface area contributed by atoms with Crippen molar-refractivity contribution in [1.82, 2.24) is 15.1 Å². The van der Waals surface area contributed by atoms with Gasteiger partial charge in [-0.25, -0.2) is 0 Å². The Balaban J connectivity index is 2.06. The molecule has 0 spiro atoms. The van der Waals surface area contributed by atoms with E-state index in [1.54, 1.807) is 0 Å². The summed E-state index contributed by atoms with van der Waals surface area (Å²) in [7, 11) is 0. The molecule has 2 aromatic rings. The van der Waals surface area contributed by atoms with E-state index in [0.717, 1.165) is 26.1 Å². The molecule has 0 saturated heterocycles. The van der Waals surface area contributed by atoms with Crippen LogP contribution in [0.3, 0.4) is 0 Å². The fourth-order valence-corrected chi connectivity index (χ4v) is 2.21. The second-order valence-electron chi connectivity index (χ2n) is 4.12. The second kappa shape index (κ2) is 4.10. The zero-order valence-electron chi connectivity index (χ0n) is 9.19. The highest BCUT2D eigenvalue weighted by molar-refractivity contribution is 5.65. The molecule has 82 valence electrons. The number of hydrogen-bond donors (Lipinski definition) is 1. The van der Waals surface area contributed by atoms with Crippen LogP contribution in [0.15, 0.2) is 36.5 Å². The molecule has 1 aliphatic heterocycles. The van der Waals surface area contributed by atoms with Gasteiger partial charge in [-0.1, -0.05) is 30.3 Å². The van der Waals surface area contributed by atoms with Crippen LogP contribution in [0.1, 0.15) is 12.1 Å². The van der Waals surface area contributed by atoms with Gasteiger partial charge in [-0.2, -0.15) is 5.10 Å². The van der Waals surface area contributed by atoms with E-state index in [2.05, 4.69) is 39.4 Å². The maximum atomic E-state index is 4.47. The lowest BCUT2D eigenvalue weighted by Gasteiger charge is -2.05. The van der Waals surface area contributed by atoms with E-state index in [0.29, 0.717) is 0 Å². The van der Waals surface area contributed by atoms with Gasteiger partial charge in [0.05, 0.1) is 11.9 Å². The van der Waals surface area contributed by atoms with E-state index in [4.69, 9.17) is 0 Å². The quantitative estimate of drug-likeness (QED) is 0.785. The van der Waals surface area contributed by atoms with Gasteiger partial charge in [-0.15, -0.1) is 0 Å². The SMILES string of the molecule is c1ccc(-c2cnn3c2CNCCC3)cc1. The molecule has 0 bridgehead atoms. The number of benzene rings is 1. The first-order chi connectivity index (χ1) is 7.95. The lowest BCUT2D eigenvalue weighted by Crippen LogP contribution is -2.12. The van der Waals surface area contributed by atoms with Crippen molar-refractivity contribution in [2.75, 3.05) is 6.54 Å². The van der Waals surface area contributed by atoms with Gasteiger partial charge in [0.2, 0.25) is 0 Å². The third-order valence-electron chi connectivity index (χ3n) is 3.05. The fraction of sp³-hybridized carbons (Fsp3) is 0.308. The predicted octanol–water partition coefficient (Wildman–Crippen LogP) is 2.04. The number of nitrogens with one attached hydrogen (secondary N) is 1. The van der Waals surface area contributed by atoms with Crippen molar-refractivity contribution < 1.29 is 0 Å². The minimum absolute atomic E-state index is 0.921. The molecule has 0 amide bonds. The highest BCUT2D eigenvalue weighted by Crippen LogP contribution is 2.24. The maximum Gasteiger partial charge on any atom is 0.0600 e. The summed E-state index contributed by atoms with van der Waals surface area (Å²) in [6, 6.07) is 10.5. The Labute approximate surface area is 95.1 Å². The molecule has 0 saturated carbocycles. The summed E-state index contributed by atoms with van der Waals surface area (Å²) in [5.74, 6) is 0. The number of aryl methyl sites for hydroxylation is 1. The highest BCUT2D eigenvalue weighted by atomic mass is 15.3. The molecule has 0 radical (unpaired) electrons. The van der Waals surface area contributed by atoms with Crippen LogP contribution in [0.25, 0.3) is 11.1 Å². The summed E-state index contributed by atoms with van der Waals surface area (Å²) in [4.78, 5) is 0. The number of hydrogen-bond acceptors (Lipinski definition) is 2. The lowest BCUT2D eigenvalue weighted by atomic mass is 10.1. The van der Waals surface area contributed by atoms with Crippen LogP contribution in [0, 0.1) is 0 Å². The van der Waals surface area contributed by atoms with Gasteiger partial charge in [0, 0.05) is 18.7 Å².